The lowest BCUT2D eigenvalue weighted by Crippen LogP contribution is -2.28. The van der Waals surface area contributed by atoms with E-state index in [1.807, 2.05) is 6.92 Å². The van der Waals surface area contributed by atoms with Gasteiger partial charge in [0.15, 0.2) is 0 Å². The lowest BCUT2D eigenvalue weighted by Gasteiger charge is -2.20. The van der Waals surface area contributed by atoms with Gasteiger partial charge in [-0.15, -0.1) is 0 Å². The fraction of sp³-hybridized carbons (Fsp3) is 0.250. The fourth-order valence-corrected chi connectivity index (χ4v) is 3.20. The topological polar surface area (TPSA) is 90.5 Å². The normalized spacial score (nSPS) is 13.4. The molecule has 4 amide bonds. The summed E-state index contributed by atoms with van der Waals surface area (Å²) in [5.74, 6) is -0.383. The van der Waals surface area contributed by atoms with Crippen molar-refractivity contribution in [2.45, 2.75) is 19.8 Å². The molecule has 1 saturated heterocycles. The maximum atomic E-state index is 12.9. The van der Waals surface area contributed by atoms with Crippen LogP contribution in [0.15, 0.2) is 42.5 Å². The Hall–Kier alpha value is -3.06. The number of amides is 4. The Morgan fingerprint density at radius 2 is 1.86 bits per heavy atom. The lowest BCUT2D eigenvalue weighted by atomic mass is 10.1. The summed E-state index contributed by atoms with van der Waals surface area (Å²) in [7, 11) is 0. The molecule has 1 heterocycles. The molecule has 28 heavy (non-hydrogen) atoms. The van der Waals surface area contributed by atoms with Gasteiger partial charge in [0.05, 0.1) is 11.3 Å². The smallest absolute Gasteiger partial charge is 0.319 e. The number of hydrogen-bond donors (Lipinski definition) is 3. The largest absolute Gasteiger partial charge is 0.338 e. The van der Waals surface area contributed by atoms with E-state index in [1.54, 1.807) is 47.4 Å². The standard InChI is InChI=1S/C20H21ClN4O3/c1-2-22-20(28)24-15-6-3-5-14(12-15)23-19(27)16-9-8-13(21)11-17(16)25-10-4-7-18(25)26/h3,5-6,8-9,11-12H,2,4,7,10H2,1H3,(H,23,27)(H2,22,24,28). The molecule has 1 fully saturated rings. The number of hydrogen-bond acceptors (Lipinski definition) is 3. The Morgan fingerprint density at radius 1 is 1.11 bits per heavy atom. The van der Waals surface area contributed by atoms with E-state index >= 15 is 0 Å². The molecule has 2 aromatic carbocycles. The van der Waals surface area contributed by atoms with Crippen molar-refractivity contribution in [1.29, 1.82) is 0 Å². The van der Waals surface area contributed by atoms with Crippen LogP contribution in [0.1, 0.15) is 30.1 Å². The molecule has 0 atom stereocenters. The third-order valence-corrected chi connectivity index (χ3v) is 4.52. The van der Waals surface area contributed by atoms with Gasteiger partial charge in [0.25, 0.3) is 5.91 Å². The molecule has 0 bridgehead atoms. The minimum Gasteiger partial charge on any atom is -0.338 e. The number of urea groups is 1. The molecule has 3 N–H and O–H groups in total. The van der Waals surface area contributed by atoms with E-state index in [4.69, 9.17) is 11.6 Å². The number of nitrogens with one attached hydrogen (secondary N) is 3. The van der Waals surface area contributed by atoms with E-state index in [1.165, 1.54) is 0 Å². The highest BCUT2D eigenvalue weighted by Crippen LogP contribution is 2.29. The second-order valence-electron chi connectivity index (χ2n) is 6.33. The first kappa shape index (κ1) is 19.7. The van der Waals surface area contributed by atoms with Gasteiger partial charge in [0.1, 0.15) is 0 Å². The number of carbonyl (C=O) groups excluding carboxylic acids is 3. The Bertz CT molecular complexity index is 916. The number of anilines is 3. The maximum absolute atomic E-state index is 12.9. The molecule has 0 unspecified atom stereocenters. The first-order valence-electron chi connectivity index (χ1n) is 9.04. The predicted molar refractivity (Wildman–Crippen MR) is 110 cm³/mol. The zero-order valence-electron chi connectivity index (χ0n) is 15.4. The molecule has 8 heteroatoms. The number of halogens is 1. The van der Waals surface area contributed by atoms with Crippen molar-refractivity contribution in [2.75, 3.05) is 28.6 Å². The molecule has 2 aromatic rings. The summed E-state index contributed by atoms with van der Waals surface area (Å²) in [6.07, 6.45) is 1.21. The Labute approximate surface area is 168 Å². The fourth-order valence-electron chi connectivity index (χ4n) is 3.03. The molecule has 0 spiro atoms. The highest BCUT2D eigenvalue weighted by molar-refractivity contribution is 6.31. The van der Waals surface area contributed by atoms with Gasteiger partial charge in [-0.1, -0.05) is 17.7 Å². The molecule has 1 aliphatic heterocycles. The monoisotopic (exact) mass is 400 g/mol. The summed E-state index contributed by atoms with van der Waals surface area (Å²) in [6.45, 7) is 2.90. The number of rotatable bonds is 5. The van der Waals surface area contributed by atoms with Gasteiger partial charge in [0.2, 0.25) is 5.91 Å². The molecule has 3 rings (SSSR count). The van der Waals surface area contributed by atoms with Gasteiger partial charge in [-0.25, -0.2) is 4.79 Å². The molecule has 146 valence electrons. The van der Waals surface area contributed by atoms with Gasteiger partial charge >= 0.3 is 6.03 Å². The van der Waals surface area contributed by atoms with Crippen LogP contribution in [-0.2, 0) is 4.79 Å². The van der Waals surface area contributed by atoms with Crippen LogP contribution in [0.25, 0.3) is 0 Å². The summed E-state index contributed by atoms with van der Waals surface area (Å²) in [5.41, 5.74) is 1.94. The van der Waals surface area contributed by atoms with Crippen LogP contribution in [0.2, 0.25) is 5.02 Å². The van der Waals surface area contributed by atoms with Crippen molar-refractivity contribution >= 4 is 46.5 Å². The highest BCUT2D eigenvalue weighted by Gasteiger charge is 2.26. The van der Waals surface area contributed by atoms with Crippen LogP contribution < -0.4 is 20.9 Å². The van der Waals surface area contributed by atoms with E-state index < -0.39 is 0 Å². The quantitative estimate of drug-likeness (QED) is 0.711. The molecule has 0 aliphatic carbocycles. The summed E-state index contributed by atoms with van der Waals surface area (Å²) >= 11 is 6.09. The van der Waals surface area contributed by atoms with Crippen LogP contribution in [0.5, 0.6) is 0 Å². The highest BCUT2D eigenvalue weighted by atomic mass is 35.5. The van der Waals surface area contributed by atoms with E-state index in [2.05, 4.69) is 16.0 Å². The van der Waals surface area contributed by atoms with Crippen LogP contribution >= 0.6 is 11.6 Å². The zero-order valence-corrected chi connectivity index (χ0v) is 16.2. The average molecular weight is 401 g/mol. The minimum absolute atomic E-state index is 0.0237. The van der Waals surface area contributed by atoms with E-state index in [-0.39, 0.29) is 17.8 Å². The average Bonchev–Trinajstić information content (AvgIpc) is 3.08. The molecular formula is C20H21ClN4O3. The van der Waals surface area contributed by atoms with Crippen LogP contribution in [0, 0.1) is 0 Å². The first-order valence-corrected chi connectivity index (χ1v) is 9.42. The summed E-state index contributed by atoms with van der Waals surface area (Å²) in [6, 6.07) is 11.4. The van der Waals surface area contributed by atoms with Crippen LogP contribution in [-0.4, -0.2) is 30.9 Å². The summed E-state index contributed by atoms with van der Waals surface area (Å²) in [4.78, 5) is 38.2. The third-order valence-electron chi connectivity index (χ3n) is 4.28. The zero-order chi connectivity index (χ0) is 20.1. The van der Waals surface area contributed by atoms with Gasteiger partial charge in [0, 0.05) is 35.9 Å². The van der Waals surface area contributed by atoms with E-state index in [9.17, 15) is 14.4 Å². The van der Waals surface area contributed by atoms with E-state index in [0.717, 1.165) is 6.42 Å². The number of nitrogens with zero attached hydrogens (tertiary/aromatic N) is 1. The van der Waals surface area contributed by atoms with Gasteiger partial charge in [-0.05, 0) is 49.7 Å². The molecular weight excluding hydrogens is 380 g/mol. The van der Waals surface area contributed by atoms with Crippen molar-refractivity contribution in [1.82, 2.24) is 5.32 Å². The third kappa shape index (κ3) is 4.61. The minimum atomic E-state index is -0.360. The summed E-state index contributed by atoms with van der Waals surface area (Å²) in [5, 5.41) is 8.60. The molecule has 0 radical (unpaired) electrons. The Morgan fingerprint density at radius 3 is 2.54 bits per heavy atom. The number of carbonyl (C=O) groups is 3. The molecule has 1 aliphatic rings. The Balaban J connectivity index is 1.80. The second kappa shape index (κ2) is 8.75. The maximum Gasteiger partial charge on any atom is 0.319 e. The van der Waals surface area contributed by atoms with Crippen LogP contribution in [0.3, 0.4) is 0 Å². The predicted octanol–water partition coefficient (Wildman–Crippen LogP) is 3.86. The summed E-state index contributed by atoms with van der Waals surface area (Å²) < 4.78 is 0. The second-order valence-corrected chi connectivity index (χ2v) is 6.77. The Kier molecular flexibility index (Phi) is 6.16. The van der Waals surface area contributed by atoms with Crippen LogP contribution in [0.4, 0.5) is 21.9 Å². The molecule has 7 nitrogen and oxygen atoms in total. The van der Waals surface area contributed by atoms with Gasteiger partial charge in [-0.2, -0.15) is 0 Å². The SMILES string of the molecule is CCNC(=O)Nc1cccc(NC(=O)c2ccc(Cl)cc2N2CCCC2=O)c1. The molecule has 0 aromatic heterocycles. The van der Waals surface area contributed by atoms with Crippen molar-refractivity contribution in [3.8, 4) is 0 Å². The first-order chi connectivity index (χ1) is 13.5. The lowest BCUT2D eigenvalue weighted by molar-refractivity contribution is -0.117. The molecule has 0 saturated carbocycles. The van der Waals surface area contributed by atoms with Crippen molar-refractivity contribution in [2.24, 2.45) is 0 Å². The van der Waals surface area contributed by atoms with Gasteiger partial charge < -0.3 is 20.9 Å². The van der Waals surface area contributed by atoms with Crippen molar-refractivity contribution in [3.05, 3.63) is 53.1 Å². The number of benzene rings is 2. The van der Waals surface area contributed by atoms with Crippen molar-refractivity contribution in [3.63, 3.8) is 0 Å². The van der Waals surface area contributed by atoms with Gasteiger partial charge in [-0.3, -0.25) is 9.59 Å². The van der Waals surface area contributed by atoms with E-state index in [0.29, 0.717) is 47.2 Å². The van der Waals surface area contributed by atoms with Crippen molar-refractivity contribution < 1.29 is 14.4 Å².